The number of carbonyl (C=O) groups excluding carboxylic acids is 1. The van der Waals surface area contributed by atoms with Crippen LogP contribution in [0, 0.1) is 0 Å². The molecule has 1 aliphatic rings. The van der Waals surface area contributed by atoms with Gasteiger partial charge in [-0.15, -0.1) is 30.3 Å². The van der Waals surface area contributed by atoms with Crippen LogP contribution in [0.1, 0.15) is 31.1 Å². The second-order valence-corrected chi connectivity index (χ2v) is 9.87. The van der Waals surface area contributed by atoms with Crippen molar-refractivity contribution < 1.29 is 4.79 Å². The molecule has 0 radical (unpaired) electrons. The molecule has 9 heteroatoms. The van der Waals surface area contributed by atoms with E-state index in [0.717, 1.165) is 34.9 Å². The van der Waals surface area contributed by atoms with Gasteiger partial charge in [-0.3, -0.25) is 14.2 Å². The Hall–Kier alpha value is -2.29. The molecule has 1 amide bonds. The second kappa shape index (κ2) is 11.7. The van der Waals surface area contributed by atoms with Crippen LogP contribution < -0.4 is 15.8 Å². The lowest BCUT2D eigenvalue weighted by Crippen LogP contribution is -2.29. The maximum absolute atomic E-state index is 12.9. The molecular weight excluding hydrogens is 476 g/mol. The lowest BCUT2D eigenvalue weighted by Gasteiger charge is -2.28. The van der Waals surface area contributed by atoms with Crippen LogP contribution >= 0.6 is 35.5 Å². The summed E-state index contributed by atoms with van der Waals surface area (Å²) in [5, 5.41) is 4.13. The fourth-order valence-corrected chi connectivity index (χ4v) is 5.67. The molecule has 4 rings (SSSR count). The Bertz CT molecular complexity index is 1170. The Morgan fingerprint density at radius 2 is 1.97 bits per heavy atom. The summed E-state index contributed by atoms with van der Waals surface area (Å²) < 4.78 is 1.59. The number of thioether (sulfide) groups is 1. The molecule has 0 bridgehead atoms. The van der Waals surface area contributed by atoms with Crippen molar-refractivity contribution in [3.05, 3.63) is 58.2 Å². The van der Waals surface area contributed by atoms with Gasteiger partial charge < -0.3 is 10.2 Å². The quantitative estimate of drug-likeness (QED) is 0.254. The van der Waals surface area contributed by atoms with E-state index in [4.69, 9.17) is 0 Å². The van der Waals surface area contributed by atoms with Crippen molar-refractivity contribution in [3.8, 4) is 0 Å². The summed E-state index contributed by atoms with van der Waals surface area (Å²) in [4.78, 5) is 34.4. The van der Waals surface area contributed by atoms with Crippen molar-refractivity contribution in [1.29, 1.82) is 0 Å². The number of fused-ring (bicyclic) bond motifs is 1. The van der Waals surface area contributed by atoms with Gasteiger partial charge in [0.05, 0.1) is 11.1 Å². The first-order valence-electron chi connectivity index (χ1n) is 11.0. The Kier molecular flexibility index (Phi) is 9.00. The number of anilines is 2. The number of carbonyl (C=O) groups is 1. The standard InChI is InChI=1S/C24H28N4O2S2.ClH/c1-3-12-28-23(30)20-15-19(4-2)32-22(20)26-24(28)31-16-21(29)25-17-8-10-18(11-9-17)27-13-6-5-7-14-27;/h3,8-11,15H,1,4-7,12-14,16H2,2H3,(H,25,29);1H. The third-order valence-corrected chi connectivity index (χ3v) is 7.68. The van der Waals surface area contributed by atoms with Gasteiger partial charge in [-0.05, 0) is 56.0 Å². The number of hydrogen-bond donors (Lipinski definition) is 1. The molecule has 0 unspecified atom stereocenters. The van der Waals surface area contributed by atoms with Gasteiger partial charge >= 0.3 is 0 Å². The zero-order chi connectivity index (χ0) is 22.5. The average Bonchev–Trinajstić information content (AvgIpc) is 3.24. The zero-order valence-corrected chi connectivity index (χ0v) is 21.2. The summed E-state index contributed by atoms with van der Waals surface area (Å²) in [6, 6.07) is 9.94. The number of allylic oxidation sites excluding steroid dienone is 1. The predicted octanol–water partition coefficient (Wildman–Crippen LogP) is 5.35. The molecule has 1 aliphatic heterocycles. The third-order valence-electron chi connectivity index (χ3n) is 5.53. The Morgan fingerprint density at radius 1 is 1.24 bits per heavy atom. The van der Waals surface area contributed by atoms with E-state index in [0.29, 0.717) is 17.1 Å². The molecule has 3 aromatic rings. The van der Waals surface area contributed by atoms with Crippen LogP contribution in [0.4, 0.5) is 11.4 Å². The fourth-order valence-electron chi connectivity index (χ4n) is 3.86. The van der Waals surface area contributed by atoms with E-state index < -0.39 is 0 Å². The van der Waals surface area contributed by atoms with Crippen molar-refractivity contribution in [2.24, 2.45) is 0 Å². The van der Waals surface area contributed by atoms with E-state index in [2.05, 4.69) is 40.8 Å². The molecule has 6 nitrogen and oxygen atoms in total. The molecule has 0 saturated carbocycles. The largest absolute Gasteiger partial charge is 0.372 e. The molecule has 1 saturated heterocycles. The number of nitrogens with one attached hydrogen (secondary N) is 1. The number of aryl methyl sites for hydroxylation is 1. The summed E-state index contributed by atoms with van der Waals surface area (Å²) in [5.74, 6) is 0.0512. The van der Waals surface area contributed by atoms with Gasteiger partial charge in [-0.1, -0.05) is 24.8 Å². The first-order chi connectivity index (χ1) is 15.6. The van der Waals surface area contributed by atoms with E-state index in [-0.39, 0.29) is 29.6 Å². The molecule has 1 aromatic carbocycles. The molecule has 1 N–H and O–H groups in total. The topological polar surface area (TPSA) is 67.2 Å². The first-order valence-corrected chi connectivity index (χ1v) is 12.8. The van der Waals surface area contributed by atoms with Crippen LogP contribution in [0.5, 0.6) is 0 Å². The summed E-state index contributed by atoms with van der Waals surface area (Å²) in [6.45, 7) is 8.36. The summed E-state index contributed by atoms with van der Waals surface area (Å²) in [5.41, 5.74) is 1.89. The van der Waals surface area contributed by atoms with E-state index in [9.17, 15) is 9.59 Å². The normalized spacial score (nSPS) is 13.5. The number of aromatic nitrogens is 2. The lowest BCUT2D eigenvalue weighted by molar-refractivity contribution is -0.113. The number of piperidine rings is 1. The number of thiophene rings is 1. The van der Waals surface area contributed by atoms with E-state index in [1.165, 1.54) is 48.0 Å². The molecule has 0 atom stereocenters. The highest BCUT2D eigenvalue weighted by Crippen LogP contribution is 2.26. The lowest BCUT2D eigenvalue weighted by atomic mass is 10.1. The monoisotopic (exact) mass is 504 g/mol. The number of amides is 1. The fraction of sp³-hybridized carbons (Fsp3) is 0.375. The van der Waals surface area contributed by atoms with Gasteiger partial charge in [0.15, 0.2) is 5.16 Å². The Morgan fingerprint density at radius 3 is 2.64 bits per heavy atom. The Labute approximate surface area is 208 Å². The number of halogens is 1. The summed E-state index contributed by atoms with van der Waals surface area (Å²) in [7, 11) is 0. The summed E-state index contributed by atoms with van der Waals surface area (Å²) in [6.07, 6.45) is 6.31. The minimum atomic E-state index is -0.124. The molecule has 0 spiro atoms. The number of nitrogens with zero attached hydrogens (tertiary/aromatic N) is 3. The van der Waals surface area contributed by atoms with Gasteiger partial charge in [-0.2, -0.15) is 0 Å². The van der Waals surface area contributed by atoms with Crippen LogP contribution in [0.3, 0.4) is 0 Å². The zero-order valence-electron chi connectivity index (χ0n) is 18.7. The molecule has 3 heterocycles. The maximum atomic E-state index is 12.9. The minimum absolute atomic E-state index is 0. The highest BCUT2D eigenvalue weighted by molar-refractivity contribution is 7.99. The smallest absolute Gasteiger partial charge is 0.263 e. The van der Waals surface area contributed by atoms with Gasteiger partial charge in [0.1, 0.15) is 4.83 Å². The van der Waals surface area contributed by atoms with E-state index in [1.807, 2.05) is 18.2 Å². The van der Waals surface area contributed by atoms with Crippen LogP contribution in [0.15, 0.2) is 52.9 Å². The SMILES string of the molecule is C=CCn1c(SCC(=O)Nc2ccc(N3CCCCC3)cc2)nc2sc(CC)cc2c1=O.Cl. The van der Waals surface area contributed by atoms with Crippen molar-refractivity contribution in [2.75, 3.05) is 29.1 Å². The van der Waals surface area contributed by atoms with Crippen molar-refractivity contribution in [3.63, 3.8) is 0 Å². The van der Waals surface area contributed by atoms with Crippen LogP contribution in [-0.4, -0.2) is 34.3 Å². The van der Waals surface area contributed by atoms with Crippen molar-refractivity contribution in [2.45, 2.75) is 44.3 Å². The van der Waals surface area contributed by atoms with E-state index in [1.54, 1.807) is 10.6 Å². The third kappa shape index (κ3) is 5.99. The van der Waals surface area contributed by atoms with Crippen molar-refractivity contribution in [1.82, 2.24) is 9.55 Å². The first kappa shape index (κ1) is 25.3. The molecular formula is C24H29ClN4O2S2. The van der Waals surface area contributed by atoms with Gasteiger partial charge in [-0.25, -0.2) is 4.98 Å². The average molecular weight is 505 g/mol. The van der Waals surface area contributed by atoms with Crippen molar-refractivity contribution >= 4 is 63.0 Å². The molecule has 176 valence electrons. The van der Waals surface area contributed by atoms with Crippen LogP contribution in [0.2, 0.25) is 0 Å². The van der Waals surface area contributed by atoms with Gasteiger partial charge in [0.25, 0.3) is 5.56 Å². The summed E-state index contributed by atoms with van der Waals surface area (Å²) >= 11 is 2.81. The minimum Gasteiger partial charge on any atom is -0.372 e. The van der Waals surface area contributed by atoms with Gasteiger partial charge in [0.2, 0.25) is 5.91 Å². The number of benzene rings is 1. The highest BCUT2D eigenvalue weighted by atomic mass is 35.5. The highest BCUT2D eigenvalue weighted by Gasteiger charge is 2.15. The number of hydrogen-bond acceptors (Lipinski definition) is 6. The van der Waals surface area contributed by atoms with Crippen LogP contribution in [-0.2, 0) is 17.8 Å². The molecule has 1 fully saturated rings. The molecule has 33 heavy (non-hydrogen) atoms. The van der Waals surface area contributed by atoms with E-state index >= 15 is 0 Å². The second-order valence-electron chi connectivity index (χ2n) is 7.82. The van der Waals surface area contributed by atoms with Gasteiger partial charge in [0, 0.05) is 35.9 Å². The predicted molar refractivity (Wildman–Crippen MR) is 143 cm³/mol. The molecule has 2 aromatic heterocycles. The molecule has 0 aliphatic carbocycles. The Balaban J connectivity index is 0.00000306. The maximum Gasteiger partial charge on any atom is 0.263 e. The van der Waals surface area contributed by atoms with Crippen LogP contribution in [0.25, 0.3) is 10.2 Å². The number of rotatable bonds is 8.